The lowest BCUT2D eigenvalue weighted by atomic mass is 9.91. The van der Waals surface area contributed by atoms with Gasteiger partial charge in [-0.1, -0.05) is 58.0 Å². The molecule has 0 aliphatic heterocycles. The second kappa shape index (κ2) is 5.48. The van der Waals surface area contributed by atoms with Crippen LogP contribution in [0.25, 0.3) is 11.1 Å². The van der Waals surface area contributed by atoms with Crippen LogP contribution in [0.1, 0.15) is 50.7 Å². The molecule has 100 valence electrons. The van der Waals surface area contributed by atoms with Crippen LogP contribution in [0.4, 0.5) is 0 Å². The van der Waals surface area contributed by atoms with Crippen LogP contribution in [0.15, 0.2) is 42.5 Å². The first kappa shape index (κ1) is 13.7. The fraction of sp³-hybridized carbons (Fsp3) is 0.333. The minimum absolute atomic E-state index is 0.313. The maximum absolute atomic E-state index is 9.39. The molecule has 0 saturated heterocycles. The fourth-order valence-electron chi connectivity index (χ4n) is 2.16. The van der Waals surface area contributed by atoms with E-state index in [4.69, 9.17) is 0 Å². The zero-order valence-corrected chi connectivity index (χ0v) is 12.1. The fourth-order valence-corrected chi connectivity index (χ4v) is 2.16. The van der Waals surface area contributed by atoms with Gasteiger partial charge in [-0.3, -0.25) is 0 Å². The molecule has 2 aromatic rings. The summed E-state index contributed by atoms with van der Waals surface area (Å²) < 4.78 is 0. The van der Waals surface area contributed by atoms with E-state index in [2.05, 4.69) is 45.9 Å². The summed E-state index contributed by atoms with van der Waals surface area (Å²) in [5.41, 5.74) is 5.13. The molecule has 0 aliphatic carbocycles. The maximum Gasteiger partial charge on any atom is 0.115 e. The van der Waals surface area contributed by atoms with E-state index >= 15 is 0 Å². The highest BCUT2D eigenvalue weighted by atomic mass is 16.3. The molecule has 1 heteroatoms. The highest BCUT2D eigenvalue weighted by Gasteiger charge is 2.08. The van der Waals surface area contributed by atoms with Gasteiger partial charge in [-0.2, -0.15) is 0 Å². The Morgan fingerprint density at radius 3 is 1.58 bits per heavy atom. The minimum Gasteiger partial charge on any atom is -0.508 e. The number of phenolic OH excluding ortho intramolecular Hbond substituents is 1. The van der Waals surface area contributed by atoms with Crippen molar-refractivity contribution in [1.82, 2.24) is 0 Å². The second-order valence-corrected chi connectivity index (χ2v) is 5.74. The summed E-state index contributed by atoms with van der Waals surface area (Å²) in [6.07, 6.45) is 0. The number of benzene rings is 2. The number of hydrogen-bond acceptors (Lipinski definition) is 1. The molecule has 19 heavy (non-hydrogen) atoms. The van der Waals surface area contributed by atoms with Gasteiger partial charge in [0.2, 0.25) is 0 Å². The Morgan fingerprint density at radius 1 is 0.684 bits per heavy atom. The molecule has 1 nitrogen and oxygen atoms in total. The highest BCUT2D eigenvalue weighted by molar-refractivity contribution is 5.66. The van der Waals surface area contributed by atoms with Gasteiger partial charge in [0.25, 0.3) is 0 Å². The van der Waals surface area contributed by atoms with Gasteiger partial charge in [0.1, 0.15) is 5.75 Å². The van der Waals surface area contributed by atoms with Gasteiger partial charge >= 0.3 is 0 Å². The molecule has 0 saturated carbocycles. The Hall–Kier alpha value is -1.76. The molecule has 0 aliphatic rings. The number of phenols is 1. The van der Waals surface area contributed by atoms with Crippen LogP contribution in [0.2, 0.25) is 0 Å². The maximum atomic E-state index is 9.39. The van der Waals surface area contributed by atoms with Crippen LogP contribution in [0.3, 0.4) is 0 Å². The lowest BCUT2D eigenvalue weighted by Crippen LogP contribution is -1.95. The Kier molecular flexibility index (Phi) is 3.94. The van der Waals surface area contributed by atoms with Crippen LogP contribution >= 0.6 is 0 Å². The predicted octanol–water partition coefficient (Wildman–Crippen LogP) is 5.31. The van der Waals surface area contributed by atoms with Gasteiger partial charge in [-0.05, 0) is 46.2 Å². The molecule has 0 fully saturated rings. The standard InChI is InChI=1S/C18H22O/c1-12(2)15-9-16(13(3)4)11-17(10-15)14-5-7-18(19)8-6-14/h5-13,19H,1-4H3. The number of rotatable bonds is 3. The van der Waals surface area contributed by atoms with Crippen molar-refractivity contribution in [3.05, 3.63) is 53.6 Å². The molecule has 2 aromatic carbocycles. The molecule has 0 heterocycles. The average molecular weight is 254 g/mol. The second-order valence-electron chi connectivity index (χ2n) is 5.74. The largest absolute Gasteiger partial charge is 0.508 e. The molecule has 0 atom stereocenters. The Labute approximate surface area is 115 Å². The summed E-state index contributed by atoms with van der Waals surface area (Å²) in [6, 6.07) is 14.2. The van der Waals surface area contributed by atoms with E-state index in [0.29, 0.717) is 17.6 Å². The van der Waals surface area contributed by atoms with Crippen molar-refractivity contribution < 1.29 is 5.11 Å². The molecule has 1 N–H and O–H groups in total. The van der Waals surface area contributed by atoms with E-state index in [1.54, 1.807) is 12.1 Å². The zero-order valence-electron chi connectivity index (χ0n) is 12.1. The van der Waals surface area contributed by atoms with E-state index < -0.39 is 0 Å². The van der Waals surface area contributed by atoms with Crippen molar-refractivity contribution in [2.24, 2.45) is 0 Å². The third-order valence-corrected chi connectivity index (χ3v) is 3.51. The van der Waals surface area contributed by atoms with Gasteiger partial charge in [-0.25, -0.2) is 0 Å². The number of aromatic hydroxyl groups is 1. The van der Waals surface area contributed by atoms with Crippen LogP contribution in [-0.2, 0) is 0 Å². The van der Waals surface area contributed by atoms with E-state index in [1.165, 1.54) is 16.7 Å². The summed E-state index contributed by atoms with van der Waals surface area (Å²) >= 11 is 0. The highest BCUT2D eigenvalue weighted by Crippen LogP contribution is 2.29. The molecule has 0 unspecified atom stereocenters. The molecular formula is C18H22O. The van der Waals surface area contributed by atoms with Gasteiger partial charge < -0.3 is 5.11 Å². The minimum atomic E-state index is 0.313. The van der Waals surface area contributed by atoms with Gasteiger partial charge in [-0.15, -0.1) is 0 Å². The smallest absolute Gasteiger partial charge is 0.115 e. The SMILES string of the molecule is CC(C)c1cc(-c2ccc(O)cc2)cc(C(C)C)c1. The third kappa shape index (κ3) is 3.17. The molecule has 0 bridgehead atoms. The lowest BCUT2D eigenvalue weighted by Gasteiger charge is -2.14. The monoisotopic (exact) mass is 254 g/mol. The summed E-state index contributed by atoms with van der Waals surface area (Å²) in [7, 11) is 0. The first-order valence-corrected chi connectivity index (χ1v) is 6.91. The average Bonchev–Trinajstić information content (AvgIpc) is 2.39. The molecular weight excluding hydrogens is 232 g/mol. The third-order valence-electron chi connectivity index (χ3n) is 3.51. The molecule has 0 spiro atoms. The molecule has 0 amide bonds. The molecule has 0 aromatic heterocycles. The van der Waals surface area contributed by atoms with Gasteiger partial charge in [0, 0.05) is 0 Å². The van der Waals surface area contributed by atoms with Crippen molar-refractivity contribution in [3.63, 3.8) is 0 Å². The van der Waals surface area contributed by atoms with Crippen molar-refractivity contribution in [1.29, 1.82) is 0 Å². The quantitative estimate of drug-likeness (QED) is 0.787. The van der Waals surface area contributed by atoms with Crippen LogP contribution in [0.5, 0.6) is 5.75 Å². The van der Waals surface area contributed by atoms with E-state index in [1.807, 2.05) is 12.1 Å². The van der Waals surface area contributed by atoms with Crippen molar-refractivity contribution >= 4 is 0 Å². The summed E-state index contributed by atoms with van der Waals surface area (Å²) in [6.45, 7) is 8.89. The van der Waals surface area contributed by atoms with Gasteiger partial charge in [0.15, 0.2) is 0 Å². The lowest BCUT2D eigenvalue weighted by molar-refractivity contribution is 0.475. The van der Waals surface area contributed by atoms with E-state index in [0.717, 1.165) is 5.56 Å². The summed E-state index contributed by atoms with van der Waals surface area (Å²) in [4.78, 5) is 0. The van der Waals surface area contributed by atoms with Crippen molar-refractivity contribution in [2.45, 2.75) is 39.5 Å². The van der Waals surface area contributed by atoms with Crippen molar-refractivity contribution in [3.8, 4) is 16.9 Å². The first-order chi connectivity index (χ1) is 8.97. The van der Waals surface area contributed by atoms with Crippen LogP contribution in [-0.4, -0.2) is 5.11 Å². The zero-order chi connectivity index (χ0) is 14.0. The first-order valence-electron chi connectivity index (χ1n) is 6.91. The number of hydrogen-bond donors (Lipinski definition) is 1. The van der Waals surface area contributed by atoms with Crippen LogP contribution in [0, 0.1) is 0 Å². The summed E-state index contributed by atoms with van der Waals surface area (Å²) in [5, 5.41) is 9.39. The van der Waals surface area contributed by atoms with Crippen molar-refractivity contribution in [2.75, 3.05) is 0 Å². The molecule has 2 rings (SSSR count). The predicted molar refractivity (Wildman–Crippen MR) is 81.7 cm³/mol. The summed E-state index contributed by atoms with van der Waals surface area (Å²) in [5.74, 6) is 1.36. The van der Waals surface area contributed by atoms with E-state index in [-0.39, 0.29) is 0 Å². The van der Waals surface area contributed by atoms with Crippen LogP contribution < -0.4 is 0 Å². The molecule has 0 radical (unpaired) electrons. The Balaban J connectivity index is 2.52. The van der Waals surface area contributed by atoms with Gasteiger partial charge in [0.05, 0.1) is 0 Å². The van der Waals surface area contributed by atoms with E-state index in [9.17, 15) is 5.11 Å². The topological polar surface area (TPSA) is 20.2 Å². The normalized spacial score (nSPS) is 11.3. The Bertz CT molecular complexity index is 524. The Morgan fingerprint density at radius 2 is 1.16 bits per heavy atom.